The molecule has 1 heterocycles. The molecule has 0 saturated carbocycles. The van der Waals surface area contributed by atoms with Crippen molar-refractivity contribution in [2.45, 2.75) is 44.4 Å². The van der Waals surface area contributed by atoms with Crippen LogP contribution in [-0.2, 0) is 14.3 Å². The molecule has 1 aliphatic rings. The molecule has 1 saturated heterocycles. The number of piperidine rings is 1. The highest BCUT2D eigenvalue weighted by molar-refractivity contribution is 5.84. The maximum Gasteiger partial charge on any atom is 0.406 e. The lowest BCUT2D eigenvalue weighted by atomic mass is 10.0. The second-order valence-electron chi connectivity index (χ2n) is 4.72. The average molecular weight is 296 g/mol. The predicted molar refractivity (Wildman–Crippen MR) is 64.9 cm³/mol. The van der Waals surface area contributed by atoms with Crippen molar-refractivity contribution >= 4 is 11.9 Å². The van der Waals surface area contributed by atoms with Crippen LogP contribution in [0.3, 0.4) is 0 Å². The second-order valence-corrected chi connectivity index (χ2v) is 4.72. The van der Waals surface area contributed by atoms with Gasteiger partial charge in [0.05, 0.1) is 13.2 Å². The first-order chi connectivity index (χ1) is 9.28. The minimum Gasteiger partial charge on any atom is -0.468 e. The molecule has 20 heavy (non-hydrogen) atoms. The van der Waals surface area contributed by atoms with Crippen LogP contribution in [-0.4, -0.2) is 55.2 Å². The lowest BCUT2D eigenvalue weighted by Gasteiger charge is -2.34. The van der Waals surface area contributed by atoms with Crippen molar-refractivity contribution in [1.29, 1.82) is 0 Å². The molecular weight excluding hydrogens is 277 g/mol. The first kappa shape index (κ1) is 16.7. The van der Waals surface area contributed by atoms with Gasteiger partial charge >= 0.3 is 12.1 Å². The van der Waals surface area contributed by atoms with E-state index in [1.165, 1.54) is 7.11 Å². The van der Waals surface area contributed by atoms with Crippen LogP contribution in [0.15, 0.2) is 0 Å². The van der Waals surface area contributed by atoms with Gasteiger partial charge in [0.1, 0.15) is 12.6 Å². The van der Waals surface area contributed by atoms with Gasteiger partial charge in [0.2, 0.25) is 5.91 Å². The van der Waals surface area contributed by atoms with Crippen molar-refractivity contribution in [2.75, 3.05) is 20.2 Å². The summed E-state index contributed by atoms with van der Waals surface area (Å²) < 4.78 is 41.7. The number of nitrogens with zero attached hydrogens (tertiary/aromatic N) is 1. The molecule has 2 atom stereocenters. The number of ether oxygens (including phenoxy) is 1. The van der Waals surface area contributed by atoms with E-state index in [9.17, 15) is 22.8 Å². The normalized spacial score (nSPS) is 21.8. The number of rotatable bonds is 5. The van der Waals surface area contributed by atoms with Gasteiger partial charge in [0, 0.05) is 6.54 Å². The fourth-order valence-electron chi connectivity index (χ4n) is 2.21. The first-order valence-electron chi connectivity index (χ1n) is 6.48. The lowest BCUT2D eigenvalue weighted by Crippen LogP contribution is -2.56. The summed E-state index contributed by atoms with van der Waals surface area (Å²) in [6.45, 7) is 0.569. The van der Waals surface area contributed by atoms with E-state index in [1.807, 2.05) is 0 Å². The van der Waals surface area contributed by atoms with Crippen LogP contribution in [0, 0.1) is 0 Å². The van der Waals surface area contributed by atoms with Crippen molar-refractivity contribution in [2.24, 2.45) is 0 Å². The molecule has 0 aromatic rings. The van der Waals surface area contributed by atoms with Crippen molar-refractivity contribution in [3.63, 3.8) is 0 Å². The molecule has 0 aromatic heterocycles. The van der Waals surface area contributed by atoms with E-state index >= 15 is 0 Å². The summed E-state index contributed by atoms with van der Waals surface area (Å²) in [5, 5.41) is 2.79. The summed E-state index contributed by atoms with van der Waals surface area (Å²) in [5.41, 5.74) is 0. The quantitative estimate of drug-likeness (QED) is 0.771. The Morgan fingerprint density at radius 1 is 1.55 bits per heavy atom. The molecule has 1 fully saturated rings. The third-order valence-electron chi connectivity index (χ3n) is 3.20. The molecular formula is C12H19F3N2O3. The number of amides is 1. The third-order valence-corrected chi connectivity index (χ3v) is 3.20. The zero-order valence-corrected chi connectivity index (χ0v) is 11.5. The van der Waals surface area contributed by atoms with E-state index in [-0.39, 0.29) is 6.54 Å². The largest absolute Gasteiger partial charge is 0.468 e. The molecule has 5 nitrogen and oxygen atoms in total. The van der Waals surface area contributed by atoms with Gasteiger partial charge in [-0.2, -0.15) is 13.2 Å². The molecule has 0 unspecified atom stereocenters. The number of esters is 1. The zero-order chi connectivity index (χ0) is 15.3. The summed E-state index contributed by atoms with van der Waals surface area (Å²) >= 11 is 0. The zero-order valence-electron chi connectivity index (χ0n) is 11.5. The molecule has 0 bridgehead atoms. The van der Waals surface area contributed by atoms with Gasteiger partial charge in [-0.3, -0.25) is 14.9 Å². The number of hydrogen-bond donors (Lipinski definition) is 1. The Bertz CT molecular complexity index is 360. The van der Waals surface area contributed by atoms with Crippen molar-refractivity contribution in [1.82, 2.24) is 10.2 Å². The van der Waals surface area contributed by atoms with Crippen LogP contribution >= 0.6 is 0 Å². The molecule has 1 amide bonds. The van der Waals surface area contributed by atoms with E-state index < -0.39 is 36.7 Å². The summed E-state index contributed by atoms with van der Waals surface area (Å²) in [6.07, 6.45) is -3.13. The van der Waals surface area contributed by atoms with Crippen LogP contribution in [0.4, 0.5) is 13.2 Å². The number of likely N-dealkylation sites (tertiary alicyclic amines) is 1. The molecule has 1 N–H and O–H groups in total. The van der Waals surface area contributed by atoms with Crippen molar-refractivity contribution < 1.29 is 27.5 Å². The second kappa shape index (κ2) is 6.92. The highest BCUT2D eigenvalue weighted by Crippen LogP contribution is 2.21. The van der Waals surface area contributed by atoms with Gasteiger partial charge in [-0.1, -0.05) is 6.92 Å². The molecule has 0 aliphatic carbocycles. The fourth-order valence-corrected chi connectivity index (χ4v) is 2.21. The Kier molecular flexibility index (Phi) is 5.79. The topological polar surface area (TPSA) is 58.6 Å². The molecule has 0 aromatic carbocycles. The molecule has 0 spiro atoms. The summed E-state index contributed by atoms with van der Waals surface area (Å²) in [7, 11) is 1.23. The van der Waals surface area contributed by atoms with Crippen LogP contribution in [0.5, 0.6) is 0 Å². The summed E-state index contributed by atoms with van der Waals surface area (Å²) in [5.74, 6) is -1.14. The molecule has 0 radical (unpaired) electrons. The smallest absolute Gasteiger partial charge is 0.406 e. The standard InChI is InChI=1S/C12H19F3N2O3/c1-3-8(11(19)20-2)16-9-5-4-6-17(10(9)18)7-12(13,14)15/h8-9,16H,3-7H2,1-2H3/t8-,9+/m0/s1. The minimum atomic E-state index is -4.41. The number of methoxy groups -OCH3 is 1. The highest BCUT2D eigenvalue weighted by Gasteiger charge is 2.38. The van der Waals surface area contributed by atoms with Gasteiger partial charge in [-0.15, -0.1) is 0 Å². The molecule has 1 aliphatic heterocycles. The van der Waals surface area contributed by atoms with Crippen molar-refractivity contribution in [3.8, 4) is 0 Å². The van der Waals surface area contributed by atoms with E-state index in [0.29, 0.717) is 19.3 Å². The number of hydrogen-bond acceptors (Lipinski definition) is 4. The SMILES string of the molecule is CC[C@H](N[C@@H]1CCCN(CC(F)(F)F)C1=O)C(=O)OC. The van der Waals surface area contributed by atoms with Gasteiger partial charge in [-0.25, -0.2) is 0 Å². The fraction of sp³-hybridized carbons (Fsp3) is 0.833. The Hall–Kier alpha value is -1.31. The highest BCUT2D eigenvalue weighted by atomic mass is 19.4. The number of alkyl halides is 3. The molecule has 116 valence electrons. The Morgan fingerprint density at radius 3 is 2.70 bits per heavy atom. The monoisotopic (exact) mass is 296 g/mol. The third kappa shape index (κ3) is 4.66. The molecule has 8 heteroatoms. The van der Waals surface area contributed by atoms with Gasteiger partial charge in [0.25, 0.3) is 0 Å². The van der Waals surface area contributed by atoms with Gasteiger partial charge in [-0.05, 0) is 19.3 Å². The minimum absolute atomic E-state index is 0.0888. The maximum atomic E-state index is 12.4. The van der Waals surface area contributed by atoms with Crippen molar-refractivity contribution in [3.05, 3.63) is 0 Å². The average Bonchev–Trinajstić information content (AvgIpc) is 2.37. The van der Waals surface area contributed by atoms with Crippen LogP contribution in [0.1, 0.15) is 26.2 Å². The lowest BCUT2D eigenvalue weighted by molar-refractivity contribution is -0.165. The Labute approximate surface area is 115 Å². The van der Waals surface area contributed by atoms with Crippen LogP contribution in [0.2, 0.25) is 0 Å². The number of nitrogens with one attached hydrogen (secondary N) is 1. The molecule has 1 rings (SSSR count). The summed E-state index contributed by atoms with van der Waals surface area (Å²) in [4.78, 5) is 24.2. The van der Waals surface area contributed by atoms with E-state index in [0.717, 1.165) is 4.90 Å². The Balaban J connectivity index is 2.66. The number of carbonyl (C=O) groups excluding carboxylic acids is 2. The number of halogens is 3. The van der Waals surface area contributed by atoms with E-state index in [1.54, 1.807) is 6.92 Å². The number of carbonyl (C=O) groups is 2. The Morgan fingerprint density at radius 2 is 2.20 bits per heavy atom. The van der Waals surface area contributed by atoms with Gasteiger partial charge < -0.3 is 9.64 Å². The maximum absolute atomic E-state index is 12.4. The van der Waals surface area contributed by atoms with E-state index in [4.69, 9.17) is 0 Å². The van der Waals surface area contributed by atoms with Crippen LogP contribution < -0.4 is 5.32 Å². The van der Waals surface area contributed by atoms with E-state index in [2.05, 4.69) is 10.1 Å². The predicted octanol–water partition coefficient (Wildman–Crippen LogP) is 1.08. The summed E-state index contributed by atoms with van der Waals surface area (Å²) in [6, 6.07) is -1.45. The van der Waals surface area contributed by atoms with Crippen LogP contribution in [0.25, 0.3) is 0 Å². The first-order valence-corrected chi connectivity index (χ1v) is 6.48. The van der Waals surface area contributed by atoms with Gasteiger partial charge in [0.15, 0.2) is 0 Å².